The Hall–Kier alpha value is -1.66. The Morgan fingerprint density at radius 3 is 3.00 bits per heavy atom. The van der Waals surface area contributed by atoms with E-state index < -0.39 is 11.9 Å². The normalized spacial score (nSPS) is 19.0. The number of amides is 1. The Balaban J connectivity index is 2.29. The molecule has 1 heterocycles. The van der Waals surface area contributed by atoms with Gasteiger partial charge in [0.1, 0.15) is 11.9 Å². The van der Waals surface area contributed by atoms with Crippen LogP contribution in [0, 0.1) is 5.82 Å². The van der Waals surface area contributed by atoms with Crippen molar-refractivity contribution in [2.24, 2.45) is 5.73 Å². The van der Waals surface area contributed by atoms with Crippen molar-refractivity contribution in [3.8, 4) is 0 Å². The SMILES string of the molecule is CC(C)NCc1cc(F)ccc1N1CCOCC1C(N)=O. The summed E-state index contributed by atoms with van der Waals surface area (Å²) in [4.78, 5) is 13.5. The number of halogens is 1. The number of hydrogen-bond donors (Lipinski definition) is 2. The predicted molar refractivity (Wildman–Crippen MR) is 79.5 cm³/mol. The van der Waals surface area contributed by atoms with E-state index in [0.717, 1.165) is 11.3 Å². The van der Waals surface area contributed by atoms with E-state index in [1.165, 1.54) is 12.1 Å². The molecule has 1 aromatic carbocycles. The lowest BCUT2D eigenvalue weighted by atomic mass is 10.1. The van der Waals surface area contributed by atoms with Gasteiger partial charge in [0, 0.05) is 24.8 Å². The van der Waals surface area contributed by atoms with E-state index in [9.17, 15) is 9.18 Å². The summed E-state index contributed by atoms with van der Waals surface area (Å²) in [7, 11) is 0. The summed E-state index contributed by atoms with van der Waals surface area (Å²) >= 11 is 0. The molecule has 0 bridgehead atoms. The number of anilines is 1. The van der Waals surface area contributed by atoms with Crippen LogP contribution in [0.1, 0.15) is 19.4 Å². The molecule has 1 atom stereocenters. The molecular weight excluding hydrogens is 273 g/mol. The van der Waals surface area contributed by atoms with Crippen LogP contribution in [0.4, 0.5) is 10.1 Å². The molecule has 1 fully saturated rings. The molecule has 5 nitrogen and oxygen atoms in total. The lowest BCUT2D eigenvalue weighted by molar-refractivity contribution is -0.121. The summed E-state index contributed by atoms with van der Waals surface area (Å²) in [6.07, 6.45) is 0. The minimum Gasteiger partial charge on any atom is -0.377 e. The minimum atomic E-state index is -0.512. The van der Waals surface area contributed by atoms with E-state index in [4.69, 9.17) is 10.5 Å². The van der Waals surface area contributed by atoms with Gasteiger partial charge in [-0.15, -0.1) is 0 Å². The number of morpholine rings is 1. The lowest BCUT2D eigenvalue weighted by Gasteiger charge is -2.36. The molecule has 3 N–H and O–H groups in total. The van der Waals surface area contributed by atoms with Crippen LogP contribution in [0.2, 0.25) is 0 Å². The van der Waals surface area contributed by atoms with Crippen LogP contribution < -0.4 is 16.0 Å². The van der Waals surface area contributed by atoms with Crippen LogP contribution >= 0.6 is 0 Å². The summed E-state index contributed by atoms with van der Waals surface area (Å²) in [6, 6.07) is 4.38. The maximum absolute atomic E-state index is 13.5. The van der Waals surface area contributed by atoms with Crippen molar-refractivity contribution in [3.63, 3.8) is 0 Å². The van der Waals surface area contributed by atoms with Gasteiger partial charge < -0.3 is 20.7 Å². The number of hydrogen-bond acceptors (Lipinski definition) is 4. The Bertz CT molecular complexity index is 508. The summed E-state index contributed by atoms with van der Waals surface area (Å²) in [5.74, 6) is -0.718. The second kappa shape index (κ2) is 6.87. The first-order valence-corrected chi connectivity index (χ1v) is 7.14. The first kappa shape index (κ1) is 15.7. The topological polar surface area (TPSA) is 67.6 Å². The Labute approximate surface area is 124 Å². The average molecular weight is 295 g/mol. The average Bonchev–Trinajstić information content (AvgIpc) is 2.45. The van der Waals surface area contributed by atoms with E-state index in [1.54, 1.807) is 6.07 Å². The molecule has 1 amide bonds. The molecule has 2 rings (SSSR count). The quantitative estimate of drug-likeness (QED) is 0.851. The summed E-state index contributed by atoms with van der Waals surface area (Å²) in [5, 5.41) is 3.27. The number of nitrogens with two attached hydrogens (primary N) is 1. The Kier molecular flexibility index (Phi) is 5.14. The van der Waals surface area contributed by atoms with E-state index in [0.29, 0.717) is 19.7 Å². The van der Waals surface area contributed by atoms with Crippen molar-refractivity contribution in [3.05, 3.63) is 29.6 Å². The first-order chi connectivity index (χ1) is 9.99. The van der Waals surface area contributed by atoms with Crippen molar-refractivity contribution < 1.29 is 13.9 Å². The number of nitrogens with zero attached hydrogens (tertiary/aromatic N) is 1. The molecule has 1 aromatic rings. The monoisotopic (exact) mass is 295 g/mol. The van der Waals surface area contributed by atoms with Crippen molar-refractivity contribution in [1.29, 1.82) is 0 Å². The third kappa shape index (κ3) is 3.92. The highest BCUT2D eigenvalue weighted by atomic mass is 19.1. The first-order valence-electron chi connectivity index (χ1n) is 7.14. The third-order valence-corrected chi connectivity index (χ3v) is 3.51. The highest BCUT2D eigenvalue weighted by Crippen LogP contribution is 2.25. The van der Waals surface area contributed by atoms with Gasteiger partial charge in [-0.2, -0.15) is 0 Å². The fraction of sp³-hybridized carbons (Fsp3) is 0.533. The molecular formula is C15H22FN3O2. The Morgan fingerprint density at radius 1 is 1.57 bits per heavy atom. The van der Waals surface area contributed by atoms with Crippen molar-refractivity contribution in [2.45, 2.75) is 32.5 Å². The largest absolute Gasteiger partial charge is 0.377 e. The molecule has 21 heavy (non-hydrogen) atoms. The van der Waals surface area contributed by atoms with E-state index in [1.807, 2.05) is 18.7 Å². The smallest absolute Gasteiger partial charge is 0.242 e. The number of benzene rings is 1. The summed E-state index contributed by atoms with van der Waals surface area (Å²) in [5.41, 5.74) is 7.09. The maximum atomic E-state index is 13.5. The fourth-order valence-corrected chi connectivity index (χ4v) is 2.42. The molecule has 6 heteroatoms. The number of ether oxygens (including phenoxy) is 1. The van der Waals surface area contributed by atoms with E-state index in [-0.39, 0.29) is 18.5 Å². The molecule has 0 aliphatic carbocycles. The zero-order chi connectivity index (χ0) is 15.4. The van der Waals surface area contributed by atoms with Gasteiger partial charge in [0.05, 0.1) is 13.2 Å². The van der Waals surface area contributed by atoms with Gasteiger partial charge >= 0.3 is 0 Å². The van der Waals surface area contributed by atoms with Crippen molar-refractivity contribution in [2.75, 3.05) is 24.7 Å². The third-order valence-electron chi connectivity index (χ3n) is 3.51. The standard InChI is InChI=1S/C15H22FN3O2/c1-10(2)18-8-11-7-12(16)3-4-13(11)19-5-6-21-9-14(19)15(17)20/h3-4,7,10,14,18H,5-6,8-9H2,1-2H3,(H2,17,20). The molecule has 0 saturated carbocycles. The van der Waals surface area contributed by atoms with Crippen LogP contribution in [0.15, 0.2) is 18.2 Å². The van der Waals surface area contributed by atoms with Crippen LogP contribution in [0.25, 0.3) is 0 Å². The van der Waals surface area contributed by atoms with Crippen LogP contribution in [-0.4, -0.2) is 37.7 Å². The molecule has 1 aliphatic heterocycles. The summed E-state index contributed by atoms with van der Waals surface area (Å²) in [6.45, 7) is 5.95. The molecule has 0 radical (unpaired) electrons. The molecule has 1 saturated heterocycles. The number of rotatable bonds is 5. The number of primary amides is 1. The van der Waals surface area contributed by atoms with E-state index >= 15 is 0 Å². The van der Waals surface area contributed by atoms with Crippen LogP contribution in [0.5, 0.6) is 0 Å². The van der Waals surface area contributed by atoms with Crippen LogP contribution in [0.3, 0.4) is 0 Å². The van der Waals surface area contributed by atoms with Crippen molar-refractivity contribution in [1.82, 2.24) is 5.32 Å². The second-order valence-electron chi connectivity index (χ2n) is 5.50. The highest BCUT2D eigenvalue weighted by molar-refractivity contribution is 5.84. The molecule has 1 aliphatic rings. The van der Waals surface area contributed by atoms with Gasteiger partial charge in [0.2, 0.25) is 5.91 Å². The molecule has 0 spiro atoms. The van der Waals surface area contributed by atoms with Crippen molar-refractivity contribution >= 4 is 11.6 Å². The Morgan fingerprint density at radius 2 is 2.33 bits per heavy atom. The van der Waals surface area contributed by atoms with Gasteiger partial charge in [-0.3, -0.25) is 4.79 Å². The fourth-order valence-electron chi connectivity index (χ4n) is 2.42. The number of carbonyl (C=O) groups excluding carboxylic acids is 1. The van der Waals surface area contributed by atoms with E-state index in [2.05, 4.69) is 5.32 Å². The zero-order valence-corrected chi connectivity index (χ0v) is 12.4. The molecule has 0 aromatic heterocycles. The number of carbonyl (C=O) groups is 1. The van der Waals surface area contributed by atoms with Gasteiger partial charge in [-0.25, -0.2) is 4.39 Å². The minimum absolute atomic E-state index is 0.268. The second-order valence-corrected chi connectivity index (χ2v) is 5.50. The molecule has 1 unspecified atom stereocenters. The van der Waals surface area contributed by atoms with Gasteiger partial charge in [0.25, 0.3) is 0 Å². The van der Waals surface area contributed by atoms with Gasteiger partial charge in [-0.1, -0.05) is 13.8 Å². The van der Waals surface area contributed by atoms with Crippen LogP contribution in [-0.2, 0) is 16.1 Å². The zero-order valence-electron chi connectivity index (χ0n) is 12.4. The number of nitrogens with one attached hydrogen (secondary N) is 1. The molecule has 116 valence electrons. The highest BCUT2D eigenvalue weighted by Gasteiger charge is 2.29. The lowest BCUT2D eigenvalue weighted by Crippen LogP contribution is -2.53. The summed E-state index contributed by atoms with van der Waals surface area (Å²) < 4.78 is 18.9. The van der Waals surface area contributed by atoms with Gasteiger partial charge in [-0.05, 0) is 23.8 Å². The predicted octanol–water partition coefficient (Wildman–Crippen LogP) is 1.01. The maximum Gasteiger partial charge on any atom is 0.242 e. The van der Waals surface area contributed by atoms with Gasteiger partial charge in [0.15, 0.2) is 0 Å².